The van der Waals surface area contributed by atoms with Crippen LogP contribution in [0, 0.1) is 13.8 Å². The van der Waals surface area contributed by atoms with Crippen LogP contribution in [0.5, 0.6) is 0 Å². The zero-order chi connectivity index (χ0) is 12.3. The standard InChI is InChI=1S/C14H19N3/c1-4-17-13(7-8-16-17)10-15-14-6-5-11(2)9-12(14)3/h5-9,15H,4,10H2,1-3H3. The van der Waals surface area contributed by atoms with Crippen LogP contribution >= 0.6 is 0 Å². The first-order valence-electron chi connectivity index (χ1n) is 6.02. The average molecular weight is 229 g/mol. The number of aryl methyl sites for hydroxylation is 3. The molecule has 90 valence electrons. The van der Waals surface area contributed by atoms with Crippen molar-refractivity contribution in [3.05, 3.63) is 47.3 Å². The number of hydrogen-bond acceptors (Lipinski definition) is 2. The van der Waals surface area contributed by atoms with Crippen molar-refractivity contribution < 1.29 is 0 Å². The van der Waals surface area contributed by atoms with Gasteiger partial charge in [-0.1, -0.05) is 17.7 Å². The maximum Gasteiger partial charge on any atom is 0.0575 e. The van der Waals surface area contributed by atoms with E-state index in [4.69, 9.17) is 0 Å². The second kappa shape index (κ2) is 5.04. The Kier molecular flexibility index (Phi) is 3.47. The van der Waals surface area contributed by atoms with E-state index < -0.39 is 0 Å². The molecule has 3 nitrogen and oxygen atoms in total. The number of nitrogens with zero attached hydrogens (tertiary/aromatic N) is 2. The summed E-state index contributed by atoms with van der Waals surface area (Å²) in [5, 5.41) is 7.72. The summed E-state index contributed by atoms with van der Waals surface area (Å²) in [5.41, 5.74) is 4.99. The predicted octanol–water partition coefficient (Wildman–Crippen LogP) is 3.13. The van der Waals surface area contributed by atoms with Crippen molar-refractivity contribution in [3.63, 3.8) is 0 Å². The minimum atomic E-state index is 0.817. The number of rotatable bonds is 4. The van der Waals surface area contributed by atoms with E-state index >= 15 is 0 Å². The quantitative estimate of drug-likeness (QED) is 0.873. The molecule has 0 saturated heterocycles. The van der Waals surface area contributed by atoms with Crippen molar-refractivity contribution in [2.75, 3.05) is 5.32 Å². The first-order valence-corrected chi connectivity index (χ1v) is 6.02. The summed E-state index contributed by atoms with van der Waals surface area (Å²) >= 11 is 0. The number of nitrogens with one attached hydrogen (secondary N) is 1. The highest BCUT2D eigenvalue weighted by Crippen LogP contribution is 2.16. The second-order valence-corrected chi connectivity index (χ2v) is 4.31. The average Bonchev–Trinajstić information content (AvgIpc) is 2.75. The van der Waals surface area contributed by atoms with Gasteiger partial charge in [-0.2, -0.15) is 5.10 Å². The molecule has 1 N–H and O–H groups in total. The first-order chi connectivity index (χ1) is 8.20. The summed E-state index contributed by atoms with van der Waals surface area (Å²) in [6.07, 6.45) is 1.85. The van der Waals surface area contributed by atoms with Gasteiger partial charge in [-0.15, -0.1) is 0 Å². The third kappa shape index (κ3) is 2.67. The molecule has 0 bridgehead atoms. The molecule has 2 rings (SSSR count). The van der Waals surface area contributed by atoms with E-state index in [2.05, 4.69) is 55.5 Å². The lowest BCUT2D eigenvalue weighted by Gasteiger charge is -2.11. The smallest absolute Gasteiger partial charge is 0.0575 e. The summed E-state index contributed by atoms with van der Waals surface area (Å²) in [7, 11) is 0. The van der Waals surface area contributed by atoms with Crippen LogP contribution in [0.3, 0.4) is 0 Å². The van der Waals surface area contributed by atoms with Crippen molar-refractivity contribution in [2.45, 2.75) is 33.9 Å². The van der Waals surface area contributed by atoms with E-state index in [9.17, 15) is 0 Å². The van der Waals surface area contributed by atoms with E-state index in [-0.39, 0.29) is 0 Å². The van der Waals surface area contributed by atoms with Crippen LogP contribution in [0.15, 0.2) is 30.5 Å². The third-order valence-electron chi connectivity index (χ3n) is 2.95. The molecule has 0 radical (unpaired) electrons. The Morgan fingerprint density at radius 1 is 1.24 bits per heavy atom. The van der Waals surface area contributed by atoms with Crippen molar-refractivity contribution in [1.82, 2.24) is 9.78 Å². The molecule has 17 heavy (non-hydrogen) atoms. The molecule has 0 spiro atoms. The van der Waals surface area contributed by atoms with Gasteiger partial charge in [0.15, 0.2) is 0 Å². The Morgan fingerprint density at radius 2 is 2.06 bits per heavy atom. The molecule has 0 aliphatic rings. The Morgan fingerprint density at radius 3 is 2.76 bits per heavy atom. The monoisotopic (exact) mass is 229 g/mol. The summed E-state index contributed by atoms with van der Waals surface area (Å²) in [4.78, 5) is 0. The highest BCUT2D eigenvalue weighted by atomic mass is 15.3. The number of benzene rings is 1. The van der Waals surface area contributed by atoms with E-state index in [1.165, 1.54) is 22.5 Å². The lowest BCUT2D eigenvalue weighted by atomic mass is 10.1. The van der Waals surface area contributed by atoms with Gasteiger partial charge in [-0.25, -0.2) is 0 Å². The molecule has 0 atom stereocenters. The third-order valence-corrected chi connectivity index (χ3v) is 2.95. The maximum absolute atomic E-state index is 4.26. The molecule has 0 aliphatic heterocycles. The molecule has 0 saturated carbocycles. The topological polar surface area (TPSA) is 29.9 Å². The van der Waals surface area contributed by atoms with Crippen LogP contribution in [0.2, 0.25) is 0 Å². The van der Waals surface area contributed by atoms with Gasteiger partial charge >= 0.3 is 0 Å². The number of anilines is 1. The van der Waals surface area contributed by atoms with Crippen molar-refractivity contribution >= 4 is 5.69 Å². The highest BCUT2D eigenvalue weighted by Gasteiger charge is 2.02. The van der Waals surface area contributed by atoms with Crippen LogP contribution in [0.4, 0.5) is 5.69 Å². The summed E-state index contributed by atoms with van der Waals surface area (Å²) in [6.45, 7) is 8.08. The van der Waals surface area contributed by atoms with Gasteiger partial charge in [0.05, 0.1) is 12.2 Å². The van der Waals surface area contributed by atoms with E-state index in [0.29, 0.717) is 0 Å². The molecule has 1 aromatic heterocycles. The van der Waals surface area contributed by atoms with Gasteiger partial charge < -0.3 is 5.32 Å². The van der Waals surface area contributed by atoms with Crippen LogP contribution in [0.25, 0.3) is 0 Å². The fourth-order valence-electron chi connectivity index (χ4n) is 1.99. The van der Waals surface area contributed by atoms with Crippen LogP contribution in [-0.4, -0.2) is 9.78 Å². The molecule has 1 aromatic carbocycles. The molecule has 1 heterocycles. The molecular formula is C14H19N3. The van der Waals surface area contributed by atoms with Crippen molar-refractivity contribution in [1.29, 1.82) is 0 Å². The lowest BCUT2D eigenvalue weighted by molar-refractivity contribution is 0.627. The Balaban J connectivity index is 2.07. The molecular weight excluding hydrogens is 210 g/mol. The van der Waals surface area contributed by atoms with Gasteiger partial charge in [0.2, 0.25) is 0 Å². The van der Waals surface area contributed by atoms with Crippen molar-refractivity contribution in [3.8, 4) is 0 Å². The second-order valence-electron chi connectivity index (χ2n) is 4.31. The number of aromatic nitrogens is 2. The maximum atomic E-state index is 4.26. The molecule has 3 heteroatoms. The zero-order valence-electron chi connectivity index (χ0n) is 10.7. The first kappa shape index (κ1) is 11.7. The minimum absolute atomic E-state index is 0.817. The molecule has 2 aromatic rings. The predicted molar refractivity (Wildman–Crippen MR) is 71.1 cm³/mol. The SMILES string of the molecule is CCn1nccc1CNc1ccc(C)cc1C. The van der Waals surface area contributed by atoms with Gasteiger partial charge in [0.1, 0.15) is 0 Å². The highest BCUT2D eigenvalue weighted by molar-refractivity contribution is 5.51. The molecule has 0 aliphatic carbocycles. The van der Waals surface area contributed by atoms with E-state index in [0.717, 1.165) is 13.1 Å². The van der Waals surface area contributed by atoms with Gasteiger partial charge in [-0.05, 0) is 38.5 Å². The van der Waals surface area contributed by atoms with Gasteiger partial charge in [0, 0.05) is 18.4 Å². The normalized spacial score (nSPS) is 10.5. The summed E-state index contributed by atoms with van der Waals surface area (Å²) in [6, 6.07) is 8.52. The molecule has 0 unspecified atom stereocenters. The summed E-state index contributed by atoms with van der Waals surface area (Å²) in [5.74, 6) is 0. The van der Waals surface area contributed by atoms with E-state index in [1.54, 1.807) is 0 Å². The van der Waals surface area contributed by atoms with Gasteiger partial charge in [0.25, 0.3) is 0 Å². The fourth-order valence-corrected chi connectivity index (χ4v) is 1.99. The number of hydrogen-bond donors (Lipinski definition) is 1. The minimum Gasteiger partial charge on any atom is -0.379 e. The van der Waals surface area contributed by atoms with Crippen LogP contribution in [-0.2, 0) is 13.1 Å². The Bertz CT molecular complexity index is 500. The van der Waals surface area contributed by atoms with Crippen LogP contribution in [0.1, 0.15) is 23.7 Å². The fraction of sp³-hybridized carbons (Fsp3) is 0.357. The zero-order valence-corrected chi connectivity index (χ0v) is 10.7. The summed E-state index contributed by atoms with van der Waals surface area (Å²) < 4.78 is 2.01. The molecule has 0 amide bonds. The largest absolute Gasteiger partial charge is 0.379 e. The lowest BCUT2D eigenvalue weighted by Crippen LogP contribution is -2.08. The van der Waals surface area contributed by atoms with Crippen LogP contribution < -0.4 is 5.32 Å². The van der Waals surface area contributed by atoms with E-state index in [1.807, 2.05) is 10.9 Å². The Labute approximate surface area is 102 Å². The Hall–Kier alpha value is -1.77. The van der Waals surface area contributed by atoms with Crippen molar-refractivity contribution in [2.24, 2.45) is 0 Å². The van der Waals surface area contributed by atoms with Gasteiger partial charge in [-0.3, -0.25) is 4.68 Å². The molecule has 0 fully saturated rings.